The highest BCUT2D eigenvalue weighted by atomic mass is 35.5. The predicted molar refractivity (Wildman–Crippen MR) is 54.5 cm³/mol. The average Bonchev–Trinajstić information content (AvgIpc) is 2.15. The molecule has 1 aromatic carbocycles. The van der Waals surface area contributed by atoms with E-state index in [0.717, 1.165) is 0 Å². The lowest BCUT2D eigenvalue weighted by atomic mass is 10.3. The summed E-state index contributed by atoms with van der Waals surface area (Å²) >= 11 is 6.89. The second kappa shape index (κ2) is 5.09. The molecule has 0 saturated heterocycles. The van der Waals surface area contributed by atoms with E-state index >= 15 is 0 Å². The summed E-state index contributed by atoms with van der Waals surface area (Å²) in [6.07, 6.45) is 0. The van der Waals surface area contributed by atoms with Crippen molar-refractivity contribution in [3.8, 4) is 0 Å². The molecule has 5 heteroatoms. The molecular weight excluding hydrogens is 210 g/mol. The first-order valence-corrected chi connectivity index (χ1v) is 5.20. The van der Waals surface area contributed by atoms with Gasteiger partial charge in [-0.2, -0.15) is 0 Å². The van der Waals surface area contributed by atoms with Crippen molar-refractivity contribution < 1.29 is 4.92 Å². The summed E-state index contributed by atoms with van der Waals surface area (Å²) in [5.41, 5.74) is 0.151. The Morgan fingerprint density at radius 1 is 1.46 bits per heavy atom. The zero-order chi connectivity index (χ0) is 9.68. The van der Waals surface area contributed by atoms with Gasteiger partial charge in [0, 0.05) is 17.7 Å². The number of para-hydroxylation sites is 1. The third-order valence-corrected chi connectivity index (χ3v) is 2.87. The molecule has 70 valence electrons. The monoisotopic (exact) mass is 217 g/mol. The summed E-state index contributed by atoms with van der Waals surface area (Å²) in [6, 6.07) is 6.67. The quantitative estimate of drug-likeness (QED) is 0.337. The lowest BCUT2D eigenvalue weighted by Gasteiger charge is -1.99. The molecule has 0 aliphatic heterocycles. The molecule has 0 spiro atoms. The number of halogens is 1. The van der Waals surface area contributed by atoms with Gasteiger partial charge in [0.05, 0.1) is 9.82 Å². The van der Waals surface area contributed by atoms with Gasteiger partial charge in [0.15, 0.2) is 0 Å². The molecule has 13 heavy (non-hydrogen) atoms. The van der Waals surface area contributed by atoms with E-state index < -0.39 is 0 Å². The Bertz CT molecular complexity index is 306. The van der Waals surface area contributed by atoms with Gasteiger partial charge in [-0.25, -0.2) is 0 Å². The maximum atomic E-state index is 10.5. The molecule has 0 heterocycles. The molecule has 0 fully saturated rings. The topological polar surface area (TPSA) is 43.1 Å². The van der Waals surface area contributed by atoms with Crippen molar-refractivity contribution >= 4 is 29.1 Å². The second-order valence-corrected chi connectivity index (χ2v) is 3.78. The molecule has 0 aliphatic rings. The van der Waals surface area contributed by atoms with Crippen molar-refractivity contribution in [1.29, 1.82) is 0 Å². The number of nitro benzene ring substituents is 1. The maximum absolute atomic E-state index is 10.5. The van der Waals surface area contributed by atoms with Gasteiger partial charge >= 0.3 is 0 Å². The summed E-state index contributed by atoms with van der Waals surface area (Å²) < 4.78 is 0. The molecule has 0 radical (unpaired) electrons. The van der Waals surface area contributed by atoms with E-state index in [9.17, 15) is 10.1 Å². The fourth-order valence-corrected chi connectivity index (χ4v) is 1.87. The van der Waals surface area contributed by atoms with E-state index in [2.05, 4.69) is 0 Å². The molecular formula is C8H8ClNO2S. The highest BCUT2D eigenvalue weighted by Crippen LogP contribution is 2.28. The summed E-state index contributed by atoms with van der Waals surface area (Å²) in [6.45, 7) is 0. The summed E-state index contributed by atoms with van der Waals surface area (Å²) in [5.74, 6) is 1.18. The number of hydrogen-bond donors (Lipinski definition) is 0. The smallest absolute Gasteiger partial charge is 0.258 e. The number of thioether (sulfide) groups is 1. The molecule has 0 amide bonds. The summed E-state index contributed by atoms with van der Waals surface area (Å²) in [7, 11) is 0. The molecule has 0 bridgehead atoms. The van der Waals surface area contributed by atoms with E-state index in [0.29, 0.717) is 16.5 Å². The van der Waals surface area contributed by atoms with Crippen LogP contribution in [0.5, 0.6) is 0 Å². The van der Waals surface area contributed by atoms with Crippen LogP contribution in [0, 0.1) is 10.1 Å². The van der Waals surface area contributed by atoms with Crippen LogP contribution in [0.3, 0.4) is 0 Å². The van der Waals surface area contributed by atoms with Crippen LogP contribution in [0.4, 0.5) is 5.69 Å². The summed E-state index contributed by atoms with van der Waals surface area (Å²) in [4.78, 5) is 10.8. The van der Waals surface area contributed by atoms with E-state index in [4.69, 9.17) is 11.6 Å². The average molecular weight is 218 g/mol. The van der Waals surface area contributed by atoms with Crippen LogP contribution in [0.2, 0.25) is 0 Å². The van der Waals surface area contributed by atoms with Crippen molar-refractivity contribution in [3.63, 3.8) is 0 Å². The fraction of sp³-hybridized carbons (Fsp3) is 0.250. The zero-order valence-electron chi connectivity index (χ0n) is 6.77. The molecule has 1 aromatic rings. The van der Waals surface area contributed by atoms with Crippen molar-refractivity contribution in [2.75, 3.05) is 11.6 Å². The third-order valence-electron chi connectivity index (χ3n) is 1.40. The molecule has 0 atom stereocenters. The van der Waals surface area contributed by atoms with Crippen molar-refractivity contribution in [3.05, 3.63) is 34.4 Å². The number of nitrogens with zero attached hydrogens (tertiary/aromatic N) is 1. The SMILES string of the molecule is O=[N+]([O-])c1ccccc1SCCCl. The van der Waals surface area contributed by atoms with Gasteiger partial charge < -0.3 is 0 Å². The molecule has 0 aliphatic carbocycles. The van der Waals surface area contributed by atoms with Crippen LogP contribution in [0.1, 0.15) is 0 Å². The number of nitro groups is 1. The number of rotatable bonds is 4. The minimum Gasteiger partial charge on any atom is -0.258 e. The second-order valence-electron chi connectivity index (χ2n) is 2.26. The van der Waals surface area contributed by atoms with Gasteiger partial charge in [0.2, 0.25) is 0 Å². The van der Waals surface area contributed by atoms with Crippen LogP contribution in [0.15, 0.2) is 29.2 Å². The molecule has 0 aromatic heterocycles. The third kappa shape index (κ3) is 2.90. The Balaban J connectivity index is 2.84. The summed E-state index contributed by atoms with van der Waals surface area (Å²) in [5, 5.41) is 10.5. The first-order chi connectivity index (χ1) is 6.25. The Labute approximate surface area is 85.2 Å². The van der Waals surface area contributed by atoms with Gasteiger partial charge in [-0.05, 0) is 6.07 Å². The van der Waals surface area contributed by atoms with Crippen molar-refractivity contribution in [2.45, 2.75) is 4.90 Å². The van der Waals surface area contributed by atoms with Crippen molar-refractivity contribution in [1.82, 2.24) is 0 Å². The molecule has 1 rings (SSSR count). The zero-order valence-corrected chi connectivity index (χ0v) is 8.35. The highest BCUT2D eigenvalue weighted by Gasteiger charge is 2.11. The van der Waals surface area contributed by atoms with Crippen LogP contribution >= 0.6 is 23.4 Å². The molecule has 0 saturated carbocycles. The van der Waals surface area contributed by atoms with E-state index in [1.165, 1.54) is 17.8 Å². The first-order valence-electron chi connectivity index (χ1n) is 3.68. The maximum Gasteiger partial charge on any atom is 0.282 e. The van der Waals surface area contributed by atoms with Gasteiger partial charge in [-0.3, -0.25) is 10.1 Å². The van der Waals surface area contributed by atoms with Crippen LogP contribution < -0.4 is 0 Å². The molecule has 0 unspecified atom stereocenters. The van der Waals surface area contributed by atoms with Crippen LogP contribution in [0.25, 0.3) is 0 Å². The van der Waals surface area contributed by atoms with Gasteiger partial charge in [-0.1, -0.05) is 12.1 Å². The molecule has 0 N–H and O–H groups in total. The minimum absolute atomic E-state index is 0.151. The Hall–Kier alpha value is -0.740. The Morgan fingerprint density at radius 2 is 2.15 bits per heavy atom. The number of benzene rings is 1. The number of alkyl halides is 1. The van der Waals surface area contributed by atoms with Gasteiger partial charge in [0.25, 0.3) is 5.69 Å². The van der Waals surface area contributed by atoms with E-state index in [1.807, 2.05) is 0 Å². The molecule has 3 nitrogen and oxygen atoms in total. The fourth-order valence-electron chi connectivity index (χ4n) is 0.879. The normalized spacial score (nSPS) is 9.92. The van der Waals surface area contributed by atoms with E-state index in [-0.39, 0.29) is 10.6 Å². The number of hydrogen-bond acceptors (Lipinski definition) is 3. The Kier molecular flexibility index (Phi) is 4.05. The lowest BCUT2D eigenvalue weighted by Crippen LogP contribution is -1.91. The van der Waals surface area contributed by atoms with E-state index in [1.54, 1.807) is 18.2 Å². The predicted octanol–water partition coefficient (Wildman–Crippen LogP) is 2.93. The Morgan fingerprint density at radius 3 is 2.77 bits per heavy atom. The largest absolute Gasteiger partial charge is 0.282 e. The minimum atomic E-state index is -0.378. The van der Waals surface area contributed by atoms with Gasteiger partial charge in [-0.15, -0.1) is 23.4 Å². The van der Waals surface area contributed by atoms with Crippen LogP contribution in [-0.2, 0) is 0 Å². The standard InChI is InChI=1S/C8H8ClNO2S/c9-5-6-13-8-4-2-1-3-7(8)10(11)12/h1-4H,5-6H2. The van der Waals surface area contributed by atoms with Gasteiger partial charge in [0.1, 0.15) is 0 Å². The highest BCUT2D eigenvalue weighted by molar-refractivity contribution is 7.99. The van der Waals surface area contributed by atoms with Crippen LogP contribution in [-0.4, -0.2) is 16.6 Å². The lowest BCUT2D eigenvalue weighted by molar-refractivity contribution is -0.387. The van der Waals surface area contributed by atoms with Crippen molar-refractivity contribution in [2.24, 2.45) is 0 Å². The first kappa shape index (κ1) is 10.3.